The average molecular weight is 261 g/mol. The Morgan fingerprint density at radius 1 is 1.54 bits per heavy atom. The first-order valence-corrected chi connectivity index (χ1v) is 5.32. The SMILES string of the molecule is Cc1nc2cc(Cl)c(CBr)cc2o1. The molecule has 0 spiro atoms. The third-order valence-electron chi connectivity index (χ3n) is 1.81. The van der Waals surface area contributed by atoms with Crippen LogP contribution in [0.5, 0.6) is 0 Å². The summed E-state index contributed by atoms with van der Waals surface area (Å²) in [5.41, 5.74) is 2.62. The molecular weight excluding hydrogens is 253 g/mol. The second-order valence-corrected chi connectivity index (χ2v) is 3.75. The summed E-state index contributed by atoms with van der Waals surface area (Å²) in [6.07, 6.45) is 0. The molecule has 0 bridgehead atoms. The van der Waals surface area contributed by atoms with Gasteiger partial charge in [-0.3, -0.25) is 0 Å². The van der Waals surface area contributed by atoms with Gasteiger partial charge >= 0.3 is 0 Å². The van der Waals surface area contributed by atoms with Crippen molar-refractivity contribution in [2.45, 2.75) is 12.3 Å². The van der Waals surface area contributed by atoms with Gasteiger partial charge in [-0.1, -0.05) is 27.5 Å². The quantitative estimate of drug-likeness (QED) is 0.731. The molecule has 0 saturated carbocycles. The summed E-state index contributed by atoms with van der Waals surface area (Å²) >= 11 is 9.36. The highest BCUT2D eigenvalue weighted by Gasteiger charge is 2.06. The molecule has 0 saturated heterocycles. The molecule has 1 aromatic heterocycles. The van der Waals surface area contributed by atoms with E-state index in [1.165, 1.54) is 0 Å². The molecule has 2 rings (SSSR count). The van der Waals surface area contributed by atoms with Crippen molar-refractivity contribution >= 4 is 38.6 Å². The lowest BCUT2D eigenvalue weighted by Gasteiger charge is -1.97. The average Bonchev–Trinajstić information content (AvgIpc) is 2.42. The van der Waals surface area contributed by atoms with Gasteiger partial charge in [0.05, 0.1) is 0 Å². The van der Waals surface area contributed by atoms with Crippen molar-refractivity contribution in [2.75, 3.05) is 0 Å². The van der Waals surface area contributed by atoms with Crippen LogP contribution >= 0.6 is 27.5 Å². The van der Waals surface area contributed by atoms with Crippen molar-refractivity contribution in [1.82, 2.24) is 4.98 Å². The van der Waals surface area contributed by atoms with E-state index in [2.05, 4.69) is 20.9 Å². The summed E-state index contributed by atoms with van der Waals surface area (Å²) < 4.78 is 5.37. The zero-order valence-electron chi connectivity index (χ0n) is 6.97. The Labute approximate surface area is 89.0 Å². The molecule has 0 aliphatic carbocycles. The molecule has 0 amide bonds. The maximum absolute atomic E-state index is 6.00. The Bertz CT molecular complexity index is 452. The minimum absolute atomic E-state index is 0.665. The van der Waals surface area contributed by atoms with E-state index < -0.39 is 0 Å². The second kappa shape index (κ2) is 3.31. The van der Waals surface area contributed by atoms with Gasteiger partial charge in [0.15, 0.2) is 11.5 Å². The Morgan fingerprint density at radius 2 is 2.31 bits per heavy atom. The van der Waals surface area contributed by atoms with Gasteiger partial charge in [0.25, 0.3) is 0 Å². The zero-order valence-corrected chi connectivity index (χ0v) is 9.32. The maximum Gasteiger partial charge on any atom is 0.192 e. The van der Waals surface area contributed by atoms with Crippen molar-refractivity contribution in [3.63, 3.8) is 0 Å². The number of fused-ring (bicyclic) bond motifs is 1. The first kappa shape index (κ1) is 9.03. The lowest BCUT2D eigenvalue weighted by molar-refractivity contribution is 0.561. The summed E-state index contributed by atoms with van der Waals surface area (Å²) in [4.78, 5) is 4.18. The highest BCUT2D eigenvalue weighted by Crippen LogP contribution is 2.25. The van der Waals surface area contributed by atoms with E-state index in [-0.39, 0.29) is 0 Å². The van der Waals surface area contributed by atoms with Gasteiger partial charge in [-0.25, -0.2) is 4.98 Å². The first-order valence-electron chi connectivity index (χ1n) is 3.82. The highest BCUT2D eigenvalue weighted by atomic mass is 79.9. The van der Waals surface area contributed by atoms with Crippen LogP contribution in [0.1, 0.15) is 11.5 Å². The van der Waals surface area contributed by atoms with E-state index in [9.17, 15) is 0 Å². The lowest BCUT2D eigenvalue weighted by Crippen LogP contribution is -1.79. The number of benzene rings is 1. The topological polar surface area (TPSA) is 26.0 Å². The van der Waals surface area contributed by atoms with E-state index in [4.69, 9.17) is 16.0 Å². The Balaban J connectivity index is 2.72. The maximum atomic E-state index is 6.00. The molecule has 0 aliphatic rings. The molecule has 13 heavy (non-hydrogen) atoms. The van der Waals surface area contributed by atoms with Crippen molar-refractivity contribution in [2.24, 2.45) is 0 Å². The normalized spacial score (nSPS) is 11.0. The van der Waals surface area contributed by atoms with Gasteiger partial charge in [0, 0.05) is 17.3 Å². The Hall–Kier alpha value is -0.540. The van der Waals surface area contributed by atoms with Crippen LogP contribution < -0.4 is 0 Å². The number of aryl methyl sites for hydroxylation is 1. The van der Waals surface area contributed by atoms with Crippen LogP contribution in [-0.2, 0) is 5.33 Å². The predicted molar refractivity (Wildman–Crippen MR) is 56.4 cm³/mol. The summed E-state index contributed by atoms with van der Waals surface area (Å²) in [5.74, 6) is 0.665. The fourth-order valence-corrected chi connectivity index (χ4v) is 2.06. The minimum atomic E-state index is 0.665. The predicted octanol–water partition coefficient (Wildman–Crippen LogP) is 3.68. The third kappa shape index (κ3) is 1.58. The first-order chi connectivity index (χ1) is 6.20. The number of nitrogens with zero attached hydrogens (tertiary/aromatic N) is 1. The van der Waals surface area contributed by atoms with Crippen molar-refractivity contribution in [3.8, 4) is 0 Å². The number of rotatable bonds is 1. The third-order valence-corrected chi connectivity index (χ3v) is 2.76. The van der Waals surface area contributed by atoms with E-state index in [0.29, 0.717) is 5.89 Å². The van der Waals surface area contributed by atoms with Crippen LogP contribution in [0.15, 0.2) is 16.5 Å². The number of oxazole rings is 1. The molecule has 4 heteroatoms. The van der Waals surface area contributed by atoms with Gasteiger partial charge in [0.2, 0.25) is 0 Å². The second-order valence-electron chi connectivity index (χ2n) is 2.78. The Kier molecular flexibility index (Phi) is 2.30. The van der Waals surface area contributed by atoms with Gasteiger partial charge in [0.1, 0.15) is 5.52 Å². The number of halogens is 2. The smallest absolute Gasteiger partial charge is 0.192 e. The van der Waals surface area contributed by atoms with Gasteiger partial charge in [-0.15, -0.1) is 0 Å². The van der Waals surface area contributed by atoms with Gasteiger partial charge in [-0.05, 0) is 17.7 Å². The van der Waals surface area contributed by atoms with Crippen LogP contribution in [0, 0.1) is 6.92 Å². The molecular formula is C9H7BrClNO. The molecule has 68 valence electrons. The van der Waals surface area contributed by atoms with E-state index >= 15 is 0 Å². The fourth-order valence-electron chi connectivity index (χ4n) is 1.21. The summed E-state index contributed by atoms with van der Waals surface area (Å²) in [7, 11) is 0. The monoisotopic (exact) mass is 259 g/mol. The van der Waals surface area contributed by atoms with Crippen molar-refractivity contribution in [1.29, 1.82) is 0 Å². The number of hydrogen-bond donors (Lipinski definition) is 0. The van der Waals surface area contributed by atoms with Crippen LogP contribution in [0.25, 0.3) is 11.1 Å². The standard InChI is InChI=1S/C9H7BrClNO/c1-5-12-8-3-7(11)6(4-10)2-9(8)13-5/h2-3H,4H2,1H3. The van der Waals surface area contributed by atoms with Crippen molar-refractivity contribution in [3.05, 3.63) is 28.6 Å². The fraction of sp³-hybridized carbons (Fsp3) is 0.222. The largest absolute Gasteiger partial charge is 0.441 e. The molecule has 2 aromatic rings. The minimum Gasteiger partial charge on any atom is -0.441 e. The molecule has 1 aromatic carbocycles. The highest BCUT2D eigenvalue weighted by molar-refractivity contribution is 9.08. The molecule has 0 fully saturated rings. The molecule has 2 nitrogen and oxygen atoms in total. The summed E-state index contributed by atoms with van der Waals surface area (Å²) in [5, 5.41) is 1.44. The molecule has 0 N–H and O–H groups in total. The van der Waals surface area contributed by atoms with Crippen LogP contribution in [0.3, 0.4) is 0 Å². The number of alkyl halides is 1. The molecule has 1 heterocycles. The van der Waals surface area contributed by atoms with Crippen LogP contribution in [0.4, 0.5) is 0 Å². The lowest BCUT2D eigenvalue weighted by atomic mass is 10.2. The van der Waals surface area contributed by atoms with E-state index in [1.807, 2.05) is 19.1 Å². The number of aromatic nitrogens is 1. The van der Waals surface area contributed by atoms with Crippen LogP contribution in [0.2, 0.25) is 5.02 Å². The molecule has 0 atom stereocenters. The summed E-state index contributed by atoms with van der Waals surface area (Å²) in [6.45, 7) is 1.82. The molecule has 0 radical (unpaired) electrons. The number of hydrogen-bond acceptors (Lipinski definition) is 2. The summed E-state index contributed by atoms with van der Waals surface area (Å²) in [6, 6.07) is 3.73. The Morgan fingerprint density at radius 3 is 3.00 bits per heavy atom. The molecule has 0 unspecified atom stereocenters. The van der Waals surface area contributed by atoms with Crippen LogP contribution in [-0.4, -0.2) is 4.98 Å². The van der Waals surface area contributed by atoms with Gasteiger partial charge in [-0.2, -0.15) is 0 Å². The molecule has 0 aliphatic heterocycles. The van der Waals surface area contributed by atoms with E-state index in [0.717, 1.165) is 27.0 Å². The zero-order chi connectivity index (χ0) is 9.42. The van der Waals surface area contributed by atoms with E-state index in [1.54, 1.807) is 0 Å². The van der Waals surface area contributed by atoms with Crippen molar-refractivity contribution < 1.29 is 4.42 Å². The van der Waals surface area contributed by atoms with Gasteiger partial charge < -0.3 is 4.42 Å².